The van der Waals surface area contributed by atoms with Crippen molar-refractivity contribution < 1.29 is 8.42 Å². The molecule has 2 heterocycles. The number of aromatic nitrogens is 3. The number of aromatic amines is 1. The zero-order valence-electron chi connectivity index (χ0n) is 10.1. The lowest BCUT2D eigenvalue weighted by Crippen LogP contribution is -2.14. The van der Waals surface area contributed by atoms with E-state index >= 15 is 0 Å². The SMILES string of the molecule is CCc1ncc(S(=O)(=O)Nc2cccnc2C)[nH]1. The lowest BCUT2D eigenvalue weighted by molar-refractivity contribution is 0.598. The molecule has 2 N–H and O–H groups in total. The average molecular weight is 266 g/mol. The van der Waals surface area contributed by atoms with E-state index in [0.29, 0.717) is 23.6 Å². The van der Waals surface area contributed by atoms with Gasteiger partial charge in [-0.1, -0.05) is 6.92 Å². The molecule has 2 aromatic heterocycles. The van der Waals surface area contributed by atoms with Crippen LogP contribution in [0.3, 0.4) is 0 Å². The predicted molar refractivity (Wildman–Crippen MR) is 67.7 cm³/mol. The zero-order chi connectivity index (χ0) is 13.2. The zero-order valence-corrected chi connectivity index (χ0v) is 11.0. The van der Waals surface area contributed by atoms with Gasteiger partial charge < -0.3 is 4.98 Å². The van der Waals surface area contributed by atoms with Crippen LogP contribution in [-0.4, -0.2) is 23.4 Å². The molecule has 2 aromatic rings. The third-order valence-electron chi connectivity index (χ3n) is 2.48. The Morgan fingerprint density at radius 2 is 2.17 bits per heavy atom. The van der Waals surface area contributed by atoms with Crippen LogP contribution in [0.1, 0.15) is 18.4 Å². The van der Waals surface area contributed by atoms with Gasteiger partial charge in [-0.3, -0.25) is 9.71 Å². The number of nitrogens with one attached hydrogen (secondary N) is 2. The van der Waals surface area contributed by atoms with Crippen LogP contribution in [0.4, 0.5) is 5.69 Å². The van der Waals surface area contributed by atoms with Gasteiger partial charge in [0.2, 0.25) is 0 Å². The van der Waals surface area contributed by atoms with Gasteiger partial charge in [-0.15, -0.1) is 0 Å². The smallest absolute Gasteiger partial charge is 0.279 e. The summed E-state index contributed by atoms with van der Waals surface area (Å²) in [4.78, 5) is 10.8. The maximum Gasteiger partial charge on any atom is 0.279 e. The summed E-state index contributed by atoms with van der Waals surface area (Å²) >= 11 is 0. The number of hydrogen-bond acceptors (Lipinski definition) is 4. The van der Waals surface area contributed by atoms with Gasteiger partial charge in [0, 0.05) is 12.6 Å². The first-order valence-corrected chi connectivity index (χ1v) is 6.99. The third kappa shape index (κ3) is 2.51. The Morgan fingerprint density at radius 3 is 2.78 bits per heavy atom. The monoisotopic (exact) mass is 266 g/mol. The Bertz CT molecular complexity index is 649. The molecule has 0 aromatic carbocycles. The molecule has 18 heavy (non-hydrogen) atoms. The average Bonchev–Trinajstić information content (AvgIpc) is 2.81. The maximum atomic E-state index is 12.1. The largest absolute Gasteiger partial charge is 0.332 e. The van der Waals surface area contributed by atoms with Crippen LogP contribution in [0.15, 0.2) is 29.6 Å². The Hall–Kier alpha value is -1.89. The van der Waals surface area contributed by atoms with Gasteiger partial charge >= 0.3 is 0 Å². The predicted octanol–water partition coefficient (Wildman–Crippen LogP) is 1.48. The second-order valence-corrected chi connectivity index (χ2v) is 5.44. The number of H-pyrrole nitrogens is 1. The summed E-state index contributed by atoms with van der Waals surface area (Å²) in [6.07, 6.45) is 3.58. The number of aryl methyl sites for hydroxylation is 2. The Morgan fingerprint density at radius 1 is 1.39 bits per heavy atom. The van der Waals surface area contributed by atoms with Crippen molar-refractivity contribution in [3.63, 3.8) is 0 Å². The van der Waals surface area contributed by atoms with Gasteiger partial charge in [0.25, 0.3) is 10.0 Å². The molecule has 6 nitrogen and oxygen atoms in total. The standard InChI is InChI=1S/C11H14N4O2S/c1-3-10-13-7-11(14-10)18(16,17)15-9-5-4-6-12-8(9)2/h4-7,15H,3H2,1-2H3,(H,13,14). The van der Waals surface area contributed by atoms with Gasteiger partial charge in [-0.25, -0.2) is 4.98 Å². The lowest BCUT2D eigenvalue weighted by Gasteiger charge is -2.07. The molecule has 0 spiro atoms. The molecule has 0 saturated heterocycles. The summed E-state index contributed by atoms with van der Waals surface area (Å²) < 4.78 is 26.6. The van der Waals surface area contributed by atoms with Crippen LogP contribution in [0.5, 0.6) is 0 Å². The Labute approximate surface area is 106 Å². The van der Waals surface area contributed by atoms with Crippen LogP contribution in [0, 0.1) is 6.92 Å². The normalized spacial score (nSPS) is 11.4. The number of nitrogens with zero attached hydrogens (tertiary/aromatic N) is 2. The molecule has 2 rings (SSSR count). The van der Waals surface area contributed by atoms with Crippen molar-refractivity contribution in [1.82, 2.24) is 15.0 Å². The van der Waals surface area contributed by atoms with E-state index in [0.717, 1.165) is 0 Å². The summed E-state index contributed by atoms with van der Waals surface area (Å²) in [6.45, 7) is 3.64. The van der Waals surface area contributed by atoms with Crippen LogP contribution in [-0.2, 0) is 16.4 Å². The van der Waals surface area contributed by atoms with Crippen molar-refractivity contribution in [2.45, 2.75) is 25.3 Å². The van der Waals surface area contributed by atoms with Crippen molar-refractivity contribution in [1.29, 1.82) is 0 Å². The van der Waals surface area contributed by atoms with Crippen LogP contribution >= 0.6 is 0 Å². The van der Waals surface area contributed by atoms with E-state index in [1.54, 1.807) is 25.3 Å². The van der Waals surface area contributed by atoms with Crippen molar-refractivity contribution >= 4 is 15.7 Å². The topological polar surface area (TPSA) is 87.7 Å². The highest BCUT2D eigenvalue weighted by Crippen LogP contribution is 2.16. The number of imidazole rings is 1. The van der Waals surface area contributed by atoms with Gasteiger partial charge in [0.1, 0.15) is 5.82 Å². The van der Waals surface area contributed by atoms with E-state index in [1.807, 2.05) is 6.92 Å². The summed E-state index contributed by atoms with van der Waals surface area (Å²) in [5.74, 6) is 0.637. The molecule has 96 valence electrons. The van der Waals surface area contributed by atoms with Gasteiger partial charge in [0.05, 0.1) is 17.6 Å². The van der Waals surface area contributed by atoms with Crippen molar-refractivity contribution in [3.05, 3.63) is 36.0 Å². The highest BCUT2D eigenvalue weighted by Gasteiger charge is 2.17. The van der Waals surface area contributed by atoms with Gasteiger partial charge in [-0.2, -0.15) is 8.42 Å². The van der Waals surface area contributed by atoms with E-state index < -0.39 is 10.0 Å². The van der Waals surface area contributed by atoms with Crippen LogP contribution < -0.4 is 4.72 Å². The minimum Gasteiger partial charge on any atom is -0.332 e. The van der Waals surface area contributed by atoms with E-state index in [2.05, 4.69) is 19.7 Å². The second-order valence-electron chi connectivity index (χ2n) is 3.79. The molecule has 7 heteroatoms. The number of sulfonamides is 1. The number of anilines is 1. The first kappa shape index (κ1) is 12.6. The molecule has 0 bridgehead atoms. The molecular weight excluding hydrogens is 252 g/mol. The maximum absolute atomic E-state index is 12.1. The molecule has 0 saturated carbocycles. The molecule has 0 fully saturated rings. The first-order valence-electron chi connectivity index (χ1n) is 5.51. The Balaban J connectivity index is 2.30. The number of hydrogen-bond donors (Lipinski definition) is 2. The molecule has 0 radical (unpaired) electrons. The molecule has 0 aliphatic rings. The summed E-state index contributed by atoms with van der Waals surface area (Å²) in [6, 6.07) is 3.34. The van der Waals surface area contributed by atoms with E-state index in [1.165, 1.54) is 6.20 Å². The minimum absolute atomic E-state index is 0.0580. The second kappa shape index (κ2) is 4.77. The first-order chi connectivity index (χ1) is 8.53. The van der Waals surface area contributed by atoms with Crippen molar-refractivity contribution in [2.75, 3.05) is 4.72 Å². The fraction of sp³-hybridized carbons (Fsp3) is 0.273. The molecular formula is C11H14N4O2S. The quantitative estimate of drug-likeness (QED) is 0.877. The van der Waals surface area contributed by atoms with Crippen molar-refractivity contribution in [3.8, 4) is 0 Å². The fourth-order valence-electron chi connectivity index (χ4n) is 1.45. The van der Waals surface area contributed by atoms with Gasteiger partial charge in [0.15, 0.2) is 5.03 Å². The highest BCUT2D eigenvalue weighted by atomic mass is 32.2. The van der Waals surface area contributed by atoms with Crippen LogP contribution in [0.25, 0.3) is 0 Å². The molecule has 0 aliphatic heterocycles. The third-order valence-corrected chi connectivity index (χ3v) is 3.76. The number of pyridine rings is 1. The van der Waals surface area contributed by atoms with Crippen molar-refractivity contribution in [2.24, 2.45) is 0 Å². The molecule has 0 atom stereocenters. The Kier molecular flexibility index (Phi) is 3.33. The lowest BCUT2D eigenvalue weighted by atomic mass is 10.3. The summed E-state index contributed by atoms with van der Waals surface area (Å²) in [7, 11) is -3.63. The van der Waals surface area contributed by atoms with Crippen LogP contribution in [0.2, 0.25) is 0 Å². The summed E-state index contributed by atoms with van der Waals surface area (Å²) in [5.41, 5.74) is 1.08. The molecule has 0 unspecified atom stereocenters. The summed E-state index contributed by atoms with van der Waals surface area (Å²) in [5, 5.41) is 0.0580. The van der Waals surface area contributed by atoms with E-state index in [4.69, 9.17) is 0 Å². The highest BCUT2D eigenvalue weighted by molar-refractivity contribution is 7.92. The molecule has 0 amide bonds. The van der Waals surface area contributed by atoms with E-state index in [-0.39, 0.29) is 5.03 Å². The fourth-order valence-corrected chi connectivity index (χ4v) is 2.51. The molecule has 0 aliphatic carbocycles. The number of rotatable bonds is 4. The van der Waals surface area contributed by atoms with E-state index in [9.17, 15) is 8.42 Å². The van der Waals surface area contributed by atoms with Gasteiger partial charge in [-0.05, 0) is 19.1 Å². The minimum atomic E-state index is -3.63.